The molecule has 1 nitrogen and oxygen atoms in total. The first-order valence-electron chi connectivity index (χ1n) is 6.92. The standard InChI is InChI=1S/C19H17OS/c20-15-16-11-13-19(14-12-16)21(17-7-3-1-4-8-17)18-9-5-2-6-10-18/h1-14,20H,15H2/q+1. The van der Waals surface area contributed by atoms with Gasteiger partial charge in [-0.3, -0.25) is 0 Å². The lowest BCUT2D eigenvalue weighted by molar-refractivity contribution is 0.282. The maximum Gasteiger partial charge on any atom is 0.166 e. The second-order valence-electron chi connectivity index (χ2n) is 4.73. The lowest BCUT2D eigenvalue weighted by Gasteiger charge is -2.08. The second-order valence-corrected chi connectivity index (χ2v) is 6.76. The maximum atomic E-state index is 9.20. The monoisotopic (exact) mass is 293 g/mol. The van der Waals surface area contributed by atoms with E-state index in [1.54, 1.807) is 0 Å². The highest BCUT2D eigenvalue weighted by atomic mass is 32.2. The van der Waals surface area contributed by atoms with E-state index in [2.05, 4.69) is 60.7 Å². The Morgan fingerprint density at radius 3 is 1.43 bits per heavy atom. The van der Waals surface area contributed by atoms with Crippen molar-refractivity contribution in [3.8, 4) is 0 Å². The lowest BCUT2D eigenvalue weighted by Crippen LogP contribution is -2.04. The highest BCUT2D eigenvalue weighted by molar-refractivity contribution is 7.97. The number of hydrogen-bond acceptors (Lipinski definition) is 1. The summed E-state index contributed by atoms with van der Waals surface area (Å²) in [6.45, 7) is 0.0880. The second kappa shape index (κ2) is 6.61. The molecule has 0 unspecified atom stereocenters. The van der Waals surface area contributed by atoms with Crippen LogP contribution in [-0.4, -0.2) is 5.11 Å². The largest absolute Gasteiger partial charge is 0.392 e. The smallest absolute Gasteiger partial charge is 0.166 e. The van der Waals surface area contributed by atoms with E-state index in [1.807, 2.05) is 24.3 Å². The molecule has 1 N–H and O–H groups in total. The Morgan fingerprint density at radius 2 is 1.00 bits per heavy atom. The Hall–Kier alpha value is -2.03. The number of aliphatic hydroxyl groups excluding tert-OH is 1. The Bertz CT molecular complexity index is 638. The molecular formula is C19H17OS+. The highest BCUT2D eigenvalue weighted by Gasteiger charge is 2.27. The zero-order chi connectivity index (χ0) is 14.5. The van der Waals surface area contributed by atoms with E-state index >= 15 is 0 Å². The number of benzene rings is 3. The van der Waals surface area contributed by atoms with Gasteiger partial charge in [0.2, 0.25) is 0 Å². The number of hydrogen-bond donors (Lipinski definition) is 1. The fraction of sp³-hybridized carbons (Fsp3) is 0.0526. The van der Waals surface area contributed by atoms with E-state index in [1.165, 1.54) is 14.7 Å². The van der Waals surface area contributed by atoms with E-state index in [9.17, 15) is 5.11 Å². The Morgan fingerprint density at radius 1 is 0.571 bits per heavy atom. The van der Waals surface area contributed by atoms with E-state index in [-0.39, 0.29) is 17.5 Å². The van der Waals surface area contributed by atoms with Crippen LogP contribution in [0.4, 0.5) is 0 Å². The van der Waals surface area contributed by atoms with Crippen LogP contribution in [0, 0.1) is 0 Å². The first-order valence-corrected chi connectivity index (χ1v) is 8.15. The van der Waals surface area contributed by atoms with Crippen LogP contribution in [0.15, 0.2) is 99.6 Å². The van der Waals surface area contributed by atoms with Gasteiger partial charge in [0.1, 0.15) is 0 Å². The Balaban J connectivity index is 2.07. The molecule has 0 aliphatic heterocycles. The topological polar surface area (TPSA) is 20.2 Å². The van der Waals surface area contributed by atoms with Crippen LogP contribution in [0.3, 0.4) is 0 Å². The van der Waals surface area contributed by atoms with Crippen LogP contribution in [0.2, 0.25) is 0 Å². The van der Waals surface area contributed by atoms with Crippen molar-refractivity contribution >= 4 is 10.9 Å². The van der Waals surface area contributed by atoms with Gasteiger partial charge < -0.3 is 5.11 Å². The van der Waals surface area contributed by atoms with Crippen LogP contribution in [0.1, 0.15) is 5.56 Å². The summed E-state index contributed by atoms with van der Waals surface area (Å²) in [5, 5.41) is 9.20. The molecule has 0 aromatic heterocycles. The molecule has 0 aliphatic rings. The molecule has 0 heterocycles. The predicted octanol–water partition coefficient (Wildman–Crippen LogP) is 4.27. The highest BCUT2D eigenvalue weighted by Crippen LogP contribution is 2.30. The summed E-state index contributed by atoms with van der Waals surface area (Å²) in [5.74, 6) is 0. The molecule has 0 spiro atoms. The molecule has 3 rings (SSSR count). The quantitative estimate of drug-likeness (QED) is 0.712. The van der Waals surface area contributed by atoms with Crippen molar-refractivity contribution < 1.29 is 5.11 Å². The van der Waals surface area contributed by atoms with Crippen molar-refractivity contribution in [1.82, 2.24) is 0 Å². The fourth-order valence-corrected chi connectivity index (χ4v) is 4.34. The molecule has 0 saturated heterocycles. The predicted molar refractivity (Wildman–Crippen MR) is 87.4 cm³/mol. The third-order valence-electron chi connectivity index (χ3n) is 3.30. The summed E-state index contributed by atoms with van der Waals surface area (Å²) in [6.07, 6.45) is 0. The molecule has 0 fully saturated rings. The molecular weight excluding hydrogens is 276 g/mol. The summed E-state index contributed by atoms with van der Waals surface area (Å²) < 4.78 is 0. The van der Waals surface area contributed by atoms with Gasteiger partial charge in [0.15, 0.2) is 14.7 Å². The first kappa shape index (κ1) is 13.9. The molecule has 2 heteroatoms. The van der Waals surface area contributed by atoms with Gasteiger partial charge in [0, 0.05) is 0 Å². The van der Waals surface area contributed by atoms with Crippen LogP contribution in [0.25, 0.3) is 0 Å². The molecule has 0 saturated carbocycles. The molecule has 104 valence electrons. The van der Waals surface area contributed by atoms with Gasteiger partial charge >= 0.3 is 0 Å². The maximum absolute atomic E-state index is 9.20. The van der Waals surface area contributed by atoms with Crippen LogP contribution < -0.4 is 0 Å². The minimum atomic E-state index is -0.107. The van der Waals surface area contributed by atoms with Crippen molar-refractivity contribution in [1.29, 1.82) is 0 Å². The van der Waals surface area contributed by atoms with E-state index in [4.69, 9.17) is 0 Å². The van der Waals surface area contributed by atoms with Gasteiger partial charge in [-0.05, 0) is 42.0 Å². The van der Waals surface area contributed by atoms with E-state index in [0.29, 0.717) is 0 Å². The van der Waals surface area contributed by atoms with Gasteiger partial charge in [-0.15, -0.1) is 0 Å². The van der Waals surface area contributed by atoms with Gasteiger partial charge in [-0.1, -0.05) is 48.5 Å². The first-order chi connectivity index (χ1) is 10.4. The molecule has 0 aliphatic carbocycles. The van der Waals surface area contributed by atoms with Crippen molar-refractivity contribution in [2.75, 3.05) is 0 Å². The van der Waals surface area contributed by atoms with E-state index in [0.717, 1.165) is 5.56 Å². The molecule has 0 bridgehead atoms. The summed E-state index contributed by atoms with van der Waals surface area (Å²) in [5.41, 5.74) is 0.948. The zero-order valence-electron chi connectivity index (χ0n) is 11.6. The lowest BCUT2D eigenvalue weighted by atomic mass is 10.2. The van der Waals surface area contributed by atoms with Crippen molar-refractivity contribution in [2.45, 2.75) is 21.3 Å². The molecule has 3 aromatic carbocycles. The number of rotatable bonds is 4. The Labute approximate surface area is 128 Å². The summed E-state index contributed by atoms with van der Waals surface area (Å²) >= 11 is 0. The normalized spacial score (nSPS) is 10.8. The van der Waals surface area contributed by atoms with Gasteiger partial charge in [0.05, 0.1) is 17.5 Å². The van der Waals surface area contributed by atoms with Gasteiger partial charge in [-0.2, -0.15) is 0 Å². The minimum Gasteiger partial charge on any atom is -0.392 e. The summed E-state index contributed by atoms with van der Waals surface area (Å²) in [7, 11) is -0.107. The third-order valence-corrected chi connectivity index (χ3v) is 5.53. The fourth-order valence-electron chi connectivity index (χ4n) is 2.25. The van der Waals surface area contributed by atoms with Crippen LogP contribution in [-0.2, 0) is 17.5 Å². The summed E-state index contributed by atoms with van der Waals surface area (Å²) in [6, 6.07) is 29.4. The average molecular weight is 293 g/mol. The average Bonchev–Trinajstić information content (AvgIpc) is 2.58. The Kier molecular flexibility index (Phi) is 4.39. The number of aliphatic hydroxyl groups is 1. The van der Waals surface area contributed by atoms with Crippen molar-refractivity contribution in [3.63, 3.8) is 0 Å². The van der Waals surface area contributed by atoms with Crippen molar-refractivity contribution in [2.24, 2.45) is 0 Å². The van der Waals surface area contributed by atoms with Gasteiger partial charge in [-0.25, -0.2) is 0 Å². The van der Waals surface area contributed by atoms with Crippen LogP contribution >= 0.6 is 0 Å². The summed E-state index contributed by atoms with van der Waals surface area (Å²) in [4.78, 5) is 3.88. The van der Waals surface area contributed by atoms with Crippen LogP contribution in [0.5, 0.6) is 0 Å². The van der Waals surface area contributed by atoms with E-state index < -0.39 is 0 Å². The molecule has 0 atom stereocenters. The molecule has 0 radical (unpaired) electrons. The third kappa shape index (κ3) is 3.18. The van der Waals surface area contributed by atoms with Crippen molar-refractivity contribution in [3.05, 3.63) is 90.5 Å². The molecule has 3 aromatic rings. The zero-order valence-corrected chi connectivity index (χ0v) is 12.5. The molecule has 0 amide bonds. The minimum absolute atomic E-state index is 0.0880. The molecule has 21 heavy (non-hydrogen) atoms. The van der Waals surface area contributed by atoms with Gasteiger partial charge in [0.25, 0.3) is 0 Å². The SMILES string of the molecule is OCc1ccc([S+](c2ccccc2)c2ccccc2)cc1.